The molecule has 1 amide bonds. The van der Waals surface area contributed by atoms with Crippen molar-refractivity contribution >= 4 is 16.8 Å². The molecule has 1 saturated heterocycles. The number of hydrogen-bond acceptors (Lipinski definition) is 2. The number of H-pyrrole nitrogens is 1. The summed E-state index contributed by atoms with van der Waals surface area (Å²) >= 11 is 0. The van der Waals surface area contributed by atoms with E-state index in [1.165, 1.54) is 28.6 Å². The minimum absolute atomic E-state index is 0.286. The van der Waals surface area contributed by atoms with Gasteiger partial charge in [-0.2, -0.15) is 0 Å². The van der Waals surface area contributed by atoms with Crippen molar-refractivity contribution in [2.24, 2.45) is 5.73 Å². The smallest absolute Gasteiger partial charge is 0.221 e. The largest absolute Gasteiger partial charge is 0.369 e. The van der Waals surface area contributed by atoms with E-state index in [1.54, 1.807) is 0 Å². The maximum atomic E-state index is 11.2. The van der Waals surface area contributed by atoms with Crippen molar-refractivity contribution in [1.29, 1.82) is 0 Å². The van der Waals surface area contributed by atoms with Crippen LogP contribution >= 0.6 is 0 Å². The van der Waals surface area contributed by atoms with Gasteiger partial charge >= 0.3 is 0 Å². The third-order valence-electron chi connectivity index (χ3n) is 4.44. The summed E-state index contributed by atoms with van der Waals surface area (Å²) < 4.78 is 0. The Morgan fingerprint density at radius 3 is 2.85 bits per heavy atom. The monoisotopic (exact) mass is 271 g/mol. The van der Waals surface area contributed by atoms with Crippen molar-refractivity contribution < 1.29 is 4.79 Å². The lowest BCUT2D eigenvalue weighted by atomic mass is 9.91. The summed E-state index contributed by atoms with van der Waals surface area (Å²) in [5.74, 6) is 0.278. The Kier molecular flexibility index (Phi) is 3.26. The number of nitrogens with one attached hydrogen (secondary N) is 2. The molecule has 2 aromatic rings. The molecule has 20 heavy (non-hydrogen) atoms. The van der Waals surface area contributed by atoms with Gasteiger partial charge in [0.25, 0.3) is 0 Å². The minimum Gasteiger partial charge on any atom is -0.369 e. The van der Waals surface area contributed by atoms with Gasteiger partial charge in [-0.25, -0.2) is 0 Å². The van der Waals surface area contributed by atoms with Crippen LogP contribution in [0.3, 0.4) is 0 Å². The fraction of sp³-hybridized carbons (Fsp3) is 0.438. The van der Waals surface area contributed by atoms with Gasteiger partial charge in [0.15, 0.2) is 0 Å². The number of amides is 1. The van der Waals surface area contributed by atoms with Crippen molar-refractivity contribution in [2.75, 3.05) is 13.1 Å². The molecule has 1 atom stereocenters. The van der Waals surface area contributed by atoms with Crippen LogP contribution in [0.2, 0.25) is 0 Å². The maximum absolute atomic E-state index is 11.2. The van der Waals surface area contributed by atoms with E-state index in [9.17, 15) is 4.79 Å². The molecule has 1 unspecified atom stereocenters. The Morgan fingerprint density at radius 2 is 2.20 bits per heavy atom. The Labute approximate surface area is 118 Å². The molecule has 4 heteroatoms. The molecule has 1 aromatic carbocycles. The highest BCUT2D eigenvalue weighted by molar-refractivity contribution is 5.93. The number of aromatic nitrogens is 1. The van der Waals surface area contributed by atoms with Gasteiger partial charge in [0, 0.05) is 23.1 Å². The molecule has 106 valence electrons. The average Bonchev–Trinajstić information content (AvgIpc) is 3.01. The zero-order valence-electron chi connectivity index (χ0n) is 12.0. The van der Waals surface area contributed by atoms with Crippen LogP contribution in [0.1, 0.15) is 34.7 Å². The Hall–Kier alpha value is -1.81. The minimum atomic E-state index is -0.286. The lowest BCUT2D eigenvalue weighted by molar-refractivity contribution is -0.117. The molecular formula is C16H21N3O. The Morgan fingerprint density at radius 1 is 1.40 bits per heavy atom. The highest BCUT2D eigenvalue weighted by Crippen LogP contribution is 2.34. The fourth-order valence-electron chi connectivity index (χ4n) is 3.27. The van der Waals surface area contributed by atoms with Crippen molar-refractivity contribution in [3.8, 4) is 0 Å². The van der Waals surface area contributed by atoms with Crippen LogP contribution in [0.15, 0.2) is 12.1 Å². The first kappa shape index (κ1) is 13.2. The van der Waals surface area contributed by atoms with E-state index in [-0.39, 0.29) is 5.91 Å². The average molecular weight is 271 g/mol. The van der Waals surface area contributed by atoms with Gasteiger partial charge in [-0.15, -0.1) is 0 Å². The molecule has 1 aliphatic heterocycles. The number of nitrogens with two attached hydrogens (primary N) is 1. The number of primary amides is 1. The molecule has 0 radical (unpaired) electrons. The van der Waals surface area contributed by atoms with Gasteiger partial charge in [0.1, 0.15) is 0 Å². The predicted molar refractivity (Wildman–Crippen MR) is 80.9 cm³/mol. The second-order valence-corrected chi connectivity index (χ2v) is 5.77. The normalized spacial score (nSPS) is 18.8. The van der Waals surface area contributed by atoms with Crippen LogP contribution in [0, 0.1) is 13.8 Å². The highest BCUT2D eigenvalue weighted by Gasteiger charge is 2.22. The number of fused-ring (bicyclic) bond motifs is 1. The number of aromatic amines is 1. The van der Waals surface area contributed by atoms with Gasteiger partial charge in [-0.05, 0) is 49.4 Å². The number of aryl methyl sites for hydroxylation is 2. The molecule has 3 rings (SSSR count). The van der Waals surface area contributed by atoms with Crippen molar-refractivity contribution in [2.45, 2.75) is 32.6 Å². The summed E-state index contributed by atoms with van der Waals surface area (Å²) in [6, 6.07) is 4.23. The lowest BCUT2D eigenvalue weighted by Crippen LogP contribution is -2.14. The van der Waals surface area contributed by atoms with E-state index in [2.05, 4.69) is 36.3 Å². The lowest BCUT2D eigenvalue weighted by Gasteiger charge is -2.13. The molecule has 0 bridgehead atoms. The molecular weight excluding hydrogens is 250 g/mol. The Bertz CT molecular complexity index is 666. The van der Waals surface area contributed by atoms with Gasteiger partial charge < -0.3 is 16.0 Å². The summed E-state index contributed by atoms with van der Waals surface area (Å²) in [6.07, 6.45) is 1.47. The first-order valence-electron chi connectivity index (χ1n) is 7.17. The van der Waals surface area contributed by atoms with Crippen molar-refractivity contribution in [3.05, 3.63) is 34.5 Å². The number of rotatable bonds is 3. The zero-order chi connectivity index (χ0) is 14.3. The van der Waals surface area contributed by atoms with Crippen LogP contribution in [-0.4, -0.2) is 24.0 Å². The molecule has 0 aliphatic carbocycles. The van der Waals surface area contributed by atoms with Crippen LogP contribution in [0.4, 0.5) is 0 Å². The predicted octanol–water partition coefficient (Wildman–Crippen LogP) is 1.89. The molecule has 4 nitrogen and oxygen atoms in total. The van der Waals surface area contributed by atoms with E-state index in [1.807, 2.05) is 0 Å². The van der Waals surface area contributed by atoms with Gasteiger partial charge in [-0.1, -0.05) is 12.1 Å². The van der Waals surface area contributed by atoms with E-state index in [0.717, 1.165) is 24.2 Å². The van der Waals surface area contributed by atoms with Crippen LogP contribution in [-0.2, 0) is 11.2 Å². The standard InChI is InChI=1S/C16H21N3O/c1-9-10(2)19-16-11(7-14(17)20)3-4-13(15(9)16)12-5-6-18-8-12/h3-4,12,18-19H,5-8H2,1-2H3,(H2,17,20). The third kappa shape index (κ3) is 2.10. The third-order valence-corrected chi connectivity index (χ3v) is 4.44. The summed E-state index contributed by atoms with van der Waals surface area (Å²) in [4.78, 5) is 14.7. The molecule has 0 saturated carbocycles. The quantitative estimate of drug-likeness (QED) is 0.797. The van der Waals surface area contributed by atoms with Crippen LogP contribution < -0.4 is 11.1 Å². The second-order valence-electron chi connectivity index (χ2n) is 5.77. The van der Waals surface area contributed by atoms with E-state index >= 15 is 0 Å². The van der Waals surface area contributed by atoms with Gasteiger partial charge in [0.05, 0.1) is 6.42 Å². The molecule has 4 N–H and O–H groups in total. The number of benzene rings is 1. The van der Waals surface area contributed by atoms with E-state index < -0.39 is 0 Å². The highest BCUT2D eigenvalue weighted by atomic mass is 16.1. The molecule has 2 heterocycles. The topological polar surface area (TPSA) is 70.9 Å². The summed E-state index contributed by atoms with van der Waals surface area (Å²) in [7, 11) is 0. The number of carbonyl (C=O) groups excluding carboxylic acids is 1. The van der Waals surface area contributed by atoms with Crippen LogP contribution in [0.5, 0.6) is 0 Å². The number of hydrogen-bond donors (Lipinski definition) is 3. The first-order valence-corrected chi connectivity index (χ1v) is 7.17. The SMILES string of the molecule is Cc1[nH]c2c(CC(N)=O)ccc(C3CCNC3)c2c1C. The molecule has 1 fully saturated rings. The fourth-order valence-corrected chi connectivity index (χ4v) is 3.27. The van der Waals surface area contributed by atoms with Gasteiger partial charge in [-0.3, -0.25) is 4.79 Å². The van der Waals surface area contributed by atoms with E-state index in [4.69, 9.17) is 5.73 Å². The molecule has 1 aromatic heterocycles. The van der Waals surface area contributed by atoms with Crippen molar-refractivity contribution in [1.82, 2.24) is 10.3 Å². The Balaban J connectivity index is 2.20. The van der Waals surface area contributed by atoms with Gasteiger partial charge in [0.2, 0.25) is 5.91 Å². The number of carbonyl (C=O) groups is 1. The van der Waals surface area contributed by atoms with Crippen molar-refractivity contribution in [3.63, 3.8) is 0 Å². The molecule has 0 spiro atoms. The summed E-state index contributed by atoms with van der Waals surface area (Å²) in [5, 5.41) is 4.71. The second kappa shape index (κ2) is 4.94. The van der Waals surface area contributed by atoms with Crippen LogP contribution in [0.25, 0.3) is 10.9 Å². The molecule has 1 aliphatic rings. The summed E-state index contributed by atoms with van der Waals surface area (Å²) in [6.45, 7) is 6.35. The summed E-state index contributed by atoms with van der Waals surface area (Å²) in [5.41, 5.74) is 11.3. The maximum Gasteiger partial charge on any atom is 0.221 e. The zero-order valence-corrected chi connectivity index (χ0v) is 12.0. The van der Waals surface area contributed by atoms with E-state index in [0.29, 0.717) is 12.3 Å². The first-order chi connectivity index (χ1) is 9.58.